The largest absolute Gasteiger partial charge is 0.352 e. The van der Waals surface area contributed by atoms with Crippen LogP contribution in [0.3, 0.4) is 0 Å². The van der Waals surface area contributed by atoms with Gasteiger partial charge in [0.2, 0.25) is 0 Å². The average Bonchev–Trinajstić information content (AvgIpc) is 3.14. The smallest absolute Gasteiger partial charge is 0.251 e. The summed E-state index contributed by atoms with van der Waals surface area (Å²) in [6.07, 6.45) is 2.26. The lowest BCUT2D eigenvalue weighted by molar-refractivity contribution is 0.0953. The minimum absolute atomic E-state index is 0.0370. The number of ketones is 1. The van der Waals surface area contributed by atoms with Crippen molar-refractivity contribution >= 4 is 35.1 Å². The van der Waals surface area contributed by atoms with E-state index >= 15 is 0 Å². The number of nitrogens with one attached hydrogen (secondary N) is 1. The highest BCUT2D eigenvalue weighted by Gasteiger charge is 2.15. The van der Waals surface area contributed by atoms with Gasteiger partial charge in [0, 0.05) is 35.7 Å². The average molecular weight is 455 g/mol. The number of carbonyl (C=O) groups excluding carboxylic acids is 2. The molecule has 1 heterocycles. The highest BCUT2D eigenvalue weighted by molar-refractivity contribution is 7.99. The Hall–Kier alpha value is -2.90. The summed E-state index contributed by atoms with van der Waals surface area (Å²) in [6, 6.07) is 14.2. The number of amides is 1. The highest BCUT2D eigenvalue weighted by Crippen LogP contribution is 2.19. The van der Waals surface area contributed by atoms with E-state index in [0.717, 1.165) is 11.4 Å². The molecular formula is C23H23ClN4O2S. The predicted molar refractivity (Wildman–Crippen MR) is 124 cm³/mol. The molecule has 0 saturated carbocycles. The number of thioether (sulfide) groups is 1. The van der Waals surface area contributed by atoms with E-state index in [9.17, 15) is 9.59 Å². The minimum Gasteiger partial charge on any atom is -0.352 e. The summed E-state index contributed by atoms with van der Waals surface area (Å²) < 4.78 is 1.91. The Bertz CT molecular complexity index is 1060. The SMILES string of the molecule is C=CCn1c(CCNC(=O)c2ccc(Cl)cc2)nnc1SCC(=O)c1ccc(C)cc1. The Kier molecular flexibility index (Phi) is 8.03. The summed E-state index contributed by atoms with van der Waals surface area (Å²) >= 11 is 7.20. The number of aryl methyl sites for hydroxylation is 1. The van der Waals surface area contributed by atoms with E-state index in [1.54, 1.807) is 30.3 Å². The molecule has 31 heavy (non-hydrogen) atoms. The van der Waals surface area contributed by atoms with Crippen molar-refractivity contribution in [2.75, 3.05) is 12.3 Å². The van der Waals surface area contributed by atoms with Crippen molar-refractivity contribution in [3.05, 3.63) is 88.7 Å². The fourth-order valence-corrected chi connectivity index (χ4v) is 3.85. The second-order valence-corrected chi connectivity index (χ2v) is 8.27. The summed E-state index contributed by atoms with van der Waals surface area (Å²) in [6.45, 7) is 6.71. The van der Waals surface area contributed by atoms with E-state index in [1.807, 2.05) is 35.8 Å². The number of hydrogen-bond donors (Lipinski definition) is 1. The van der Waals surface area contributed by atoms with Crippen LogP contribution in [-0.4, -0.2) is 38.8 Å². The molecule has 3 rings (SSSR count). The summed E-state index contributed by atoms with van der Waals surface area (Å²) in [5, 5.41) is 12.6. The van der Waals surface area contributed by atoms with Crippen LogP contribution in [0.1, 0.15) is 32.1 Å². The van der Waals surface area contributed by atoms with Crippen molar-refractivity contribution in [3.63, 3.8) is 0 Å². The monoisotopic (exact) mass is 454 g/mol. The van der Waals surface area contributed by atoms with Gasteiger partial charge in [-0.1, -0.05) is 59.3 Å². The quantitative estimate of drug-likeness (QED) is 0.279. The molecule has 0 aliphatic carbocycles. The zero-order chi connectivity index (χ0) is 22.2. The van der Waals surface area contributed by atoms with Crippen LogP contribution < -0.4 is 5.32 Å². The lowest BCUT2D eigenvalue weighted by Gasteiger charge is -2.09. The van der Waals surface area contributed by atoms with Gasteiger partial charge in [-0.25, -0.2) is 0 Å². The van der Waals surface area contributed by atoms with E-state index in [1.165, 1.54) is 11.8 Å². The summed E-state index contributed by atoms with van der Waals surface area (Å²) in [7, 11) is 0. The molecular weight excluding hydrogens is 432 g/mol. The molecule has 6 nitrogen and oxygen atoms in total. The molecule has 0 bridgehead atoms. The predicted octanol–water partition coefficient (Wildman–Crippen LogP) is 4.37. The van der Waals surface area contributed by atoms with Gasteiger partial charge in [-0.3, -0.25) is 9.59 Å². The number of carbonyl (C=O) groups is 2. The molecule has 2 aromatic carbocycles. The van der Waals surface area contributed by atoms with E-state index in [0.29, 0.717) is 40.8 Å². The summed E-state index contributed by atoms with van der Waals surface area (Å²) in [4.78, 5) is 24.7. The van der Waals surface area contributed by atoms with E-state index in [-0.39, 0.29) is 17.4 Å². The van der Waals surface area contributed by atoms with Crippen molar-refractivity contribution in [3.8, 4) is 0 Å². The first kappa shape index (κ1) is 22.8. The van der Waals surface area contributed by atoms with Gasteiger partial charge in [-0.2, -0.15) is 0 Å². The van der Waals surface area contributed by atoms with E-state index in [2.05, 4.69) is 22.1 Å². The van der Waals surface area contributed by atoms with Crippen LogP contribution in [0.2, 0.25) is 5.02 Å². The molecule has 0 radical (unpaired) electrons. The van der Waals surface area contributed by atoms with Crippen molar-refractivity contribution in [1.82, 2.24) is 20.1 Å². The molecule has 3 aromatic rings. The molecule has 1 aromatic heterocycles. The zero-order valence-electron chi connectivity index (χ0n) is 17.2. The number of rotatable bonds is 10. The highest BCUT2D eigenvalue weighted by atomic mass is 35.5. The number of allylic oxidation sites excluding steroid dienone is 1. The van der Waals surface area contributed by atoms with Gasteiger partial charge >= 0.3 is 0 Å². The molecule has 1 N–H and O–H groups in total. The molecule has 1 amide bonds. The molecule has 0 fully saturated rings. The van der Waals surface area contributed by atoms with Crippen LogP contribution in [0, 0.1) is 6.92 Å². The molecule has 160 valence electrons. The number of nitrogens with zero attached hydrogens (tertiary/aromatic N) is 3. The number of hydrogen-bond acceptors (Lipinski definition) is 5. The van der Waals surface area contributed by atoms with Crippen molar-refractivity contribution in [1.29, 1.82) is 0 Å². The first-order chi connectivity index (χ1) is 15.0. The van der Waals surface area contributed by atoms with Crippen LogP contribution in [-0.2, 0) is 13.0 Å². The maximum Gasteiger partial charge on any atom is 0.251 e. The zero-order valence-corrected chi connectivity index (χ0v) is 18.7. The molecule has 0 aliphatic rings. The normalized spacial score (nSPS) is 10.6. The van der Waals surface area contributed by atoms with Crippen LogP contribution in [0.4, 0.5) is 0 Å². The Morgan fingerprint density at radius 2 is 1.77 bits per heavy atom. The first-order valence-corrected chi connectivity index (χ1v) is 11.1. The van der Waals surface area contributed by atoms with Crippen molar-refractivity contribution < 1.29 is 9.59 Å². The summed E-state index contributed by atoms with van der Waals surface area (Å²) in [5.74, 6) is 0.854. The van der Waals surface area contributed by atoms with Crippen LogP contribution in [0.15, 0.2) is 66.3 Å². The van der Waals surface area contributed by atoms with Crippen LogP contribution in [0.25, 0.3) is 0 Å². The van der Waals surface area contributed by atoms with Crippen molar-refractivity contribution in [2.24, 2.45) is 0 Å². The molecule has 0 unspecified atom stereocenters. The Morgan fingerprint density at radius 3 is 2.45 bits per heavy atom. The third kappa shape index (κ3) is 6.29. The van der Waals surface area contributed by atoms with Gasteiger partial charge in [-0.15, -0.1) is 16.8 Å². The number of aromatic nitrogens is 3. The fourth-order valence-electron chi connectivity index (χ4n) is 2.87. The number of halogens is 1. The molecule has 0 saturated heterocycles. The molecule has 0 atom stereocenters. The standard InChI is InChI=1S/C23H23ClN4O2S/c1-3-14-28-21(12-13-25-22(30)18-8-10-19(24)11-9-18)26-27-23(28)31-15-20(29)17-6-4-16(2)5-7-17/h3-11H,1,12-15H2,2H3,(H,25,30). The van der Waals surface area contributed by atoms with E-state index in [4.69, 9.17) is 11.6 Å². The maximum atomic E-state index is 12.5. The second kappa shape index (κ2) is 10.9. The lowest BCUT2D eigenvalue weighted by atomic mass is 10.1. The number of benzene rings is 2. The molecule has 0 aliphatic heterocycles. The Balaban J connectivity index is 1.58. The third-order valence-electron chi connectivity index (χ3n) is 4.55. The Labute approximate surface area is 190 Å². The van der Waals surface area contributed by atoms with Gasteiger partial charge < -0.3 is 9.88 Å². The minimum atomic E-state index is -0.176. The second-order valence-electron chi connectivity index (χ2n) is 6.89. The molecule has 0 spiro atoms. The maximum absolute atomic E-state index is 12.5. The molecule has 8 heteroatoms. The Morgan fingerprint density at radius 1 is 1.10 bits per heavy atom. The van der Waals surface area contributed by atoms with Crippen LogP contribution >= 0.6 is 23.4 Å². The topological polar surface area (TPSA) is 76.9 Å². The van der Waals surface area contributed by atoms with Gasteiger partial charge in [0.25, 0.3) is 5.91 Å². The van der Waals surface area contributed by atoms with Gasteiger partial charge in [0.05, 0.1) is 5.75 Å². The number of Topliss-reactive ketones (excluding diaryl/α,β-unsaturated/α-hetero) is 1. The van der Waals surface area contributed by atoms with Gasteiger partial charge in [0.1, 0.15) is 5.82 Å². The van der Waals surface area contributed by atoms with Gasteiger partial charge in [0.15, 0.2) is 10.9 Å². The lowest BCUT2D eigenvalue weighted by Crippen LogP contribution is -2.26. The summed E-state index contributed by atoms with van der Waals surface area (Å²) in [5.41, 5.74) is 2.34. The van der Waals surface area contributed by atoms with E-state index < -0.39 is 0 Å². The third-order valence-corrected chi connectivity index (χ3v) is 5.77. The van der Waals surface area contributed by atoms with Crippen LogP contribution in [0.5, 0.6) is 0 Å². The first-order valence-electron chi connectivity index (χ1n) is 9.77. The van der Waals surface area contributed by atoms with Crippen molar-refractivity contribution in [2.45, 2.75) is 25.0 Å². The fraction of sp³-hybridized carbons (Fsp3) is 0.217. The van der Waals surface area contributed by atoms with Gasteiger partial charge in [-0.05, 0) is 31.2 Å².